The van der Waals surface area contributed by atoms with Crippen LogP contribution < -0.4 is 0 Å². The highest BCUT2D eigenvalue weighted by Gasteiger charge is 2.11. The maximum Gasteiger partial charge on any atom is 0.230 e. The van der Waals surface area contributed by atoms with Crippen LogP contribution in [-0.4, -0.2) is 49.9 Å². The molecule has 0 spiro atoms. The van der Waals surface area contributed by atoms with Crippen LogP contribution in [0.4, 0.5) is 5.95 Å². The van der Waals surface area contributed by atoms with E-state index in [9.17, 15) is 0 Å². The molecule has 0 saturated heterocycles. The molecule has 144 valence electrons. The minimum atomic E-state index is 0.723. The summed E-state index contributed by atoms with van der Waals surface area (Å²) >= 11 is 0. The molecular weight excluding hydrogens is 348 g/mol. The van der Waals surface area contributed by atoms with Crippen molar-refractivity contribution in [1.29, 1.82) is 0 Å². The Balaban J connectivity index is 1.70. The zero-order valence-electron chi connectivity index (χ0n) is 16.7. The predicted octanol–water partition coefficient (Wildman–Crippen LogP) is 4.02. The van der Waals surface area contributed by atoms with E-state index in [1.54, 1.807) is 0 Å². The molecule has 0 saturated carbocycles. The van der Waals surface area contributed by atoms with Gasteiger partial charge in [-0.25, -0.2) is 15.0 Å². The van der Waals surface area contributed by atoms with Crippen molar-refractivity contribution in [3.05, 3.63) is 54.4 Å². The number of aromatic nitrogens is 4. The lowest BCUT2D eigenvalue weighted by molar-refractivity contribution is 0.292. The van der Waals surface area contributed by atoms with Crippen molar-refractivity contribution in [3.63, 3.8) is 0 Å². The van der Waals surface area contributed by atoms with Crippen molar-refractivity contribution in [2.75, 3.05) is 19.6 Å². The van der Waals surface area contributed by atoms with Crippen molar-refractivity contribution < 1.29 is 0 Å². The molecule has 2 aromatic heterocycles. The smallest absolute Gasteiger partial charge is 0.230 e. The Hall–Kier alpha value is -2.99. The highest BCUT2D eigenvalue weighted by atomic mass is 15.2. The summed E-state index contributed by atoms with van der Waals surface area (Å²) in [5, 5.41) is 0. The molecule has 0 atom stereocenters. The largest absolute Gasteiger partial charge is 0.326 e. The molecule has 0 aliphatic rings. The van der Waals surface area contributed by atoms with E-state index in [2.05, 4.69) is 51.1 Å². The fourth-order valence-electron chi connectivity index (χ4n) is 3.56. The summed E-state index contributed by atoms with van der Waals surface area (Å²) in [6, 6.07) is 16.3. The van der Waals surface area contributed by atoms with Crippen molar-refractivity contribution in [1.82, 2.24) is 24.0 Å². The summed E-state index contributed by atoms with van der Waals surface area (Å²) in [5.74, 6) is 1.55. The Labute approximate surface area is 165 Å². The van der Waals surface area contributed by atoms with Gasteiger partial charge in [0.05, 0.1) is 28.3 Å². The van der Waals surface area contributed by atoms with Crippen LogP contribution in [0.15, 0.2) is 53.5 Å². The lowest BCUT2D eigenvalue weighted by Crippen LogP contribution is -2.26. The van der Waals surface area contributed by atoms with Crippen molar-refractivity contribution in [2.45, 2.75) is 20.4 Å². The fraction of sp³-hybridized carbons (Fsp3) is 0.318. The number of imidazole rings is 2. The van der Waals surface area contributed by atoms with E-state index in [0.717, 1.165) is 60.0 Å². The number of fused-ring (bicyclic) bond motifs is 2. The van der Waals surface area contributed by atoms with Crippen LogP contribution in [0.2, 0.25) is 0 Å². The maximum absolute atomic E-state index is 4.75. The second-order valence-electron chi connectivity index (χ2n) is 6.85. The van der Waals surface area contributed by atoms with E-state index >= 15 is 0 Å². The van der Waals surface area contributed by atoms with Crippen molar-refractivity contribution in [2.24, 2.45) is 12.0 Å². The third-order valence-corrected chi connectivity index (χ3v) is 5.29. The molecule has 4 aromatic rings. The highest BCUT2D eigenvalue weighted by Crippen LogP contribution is 2.22. The van der Waals surface area contributed by atoms with Gasteiger partial charge in [0.2, 0.25) is 5.95 Å². The minimum absolute atomic E-state index is 0.723. The van der Waals surface area contributed by atoms with Gasteiger partial charge in [0.25, 0.3) is 0 Å². The highest BCUT2D eigenvalue weighted by molar-refractivity contribution is 5.86. The normalized spacial score (nSPS) is 12.1. The molecule has 0 fully saturated rings. The van der Waals surface area contributed by atoms with Gasteiger partial charge in [-0.2, -0.15) is 0 Å². The third-order valence-electron chi connectivity index (χ3n) is 5.29. The van der Waals surface area contributed by atoms with Crippen molar-refractivity contribution >= 4 is 34.2 Å². The lowest BCUT2D eigenvalue weighted by atomic mass is 10.3. The molecule has 0 aliphatic carbocycles. The van der Waals surface area contributed by atoms with E-state index in [1.165, 1.54) is 0 Å². The van der Waals surface area contributed by atoms with Gasteiger partial charge in [0.1, 0.15) is 0 Å². The summed E-state index contributed by atoms with van der Waals surface area (Å²) in [5.41, 5.74) is 4.16. The van der Waals surface area contributed by atoms with Crippen LogP contribution in [-0.2, 0) is 13.6 Å². The molecule has 6 heteroatoms. The number of likely N-dealkylation sites (N-methyl/N-ethyl adjacent to an activating group) is 1. The Morgan fingerprint density at radius 3 is 2.25 bits per heavy atom. The number of para-hydroxylation sites is 4. The molecule has 4 rings (SSSR count). The Kier molecular flexibility index (Phi) is 5.21. The zero-order valence-corrected chi connectivity index (χ0v) is 16.7. The van der Waals surface area contributed by atoms with Crippen LogP contribution in [0, 0.1) is 0 Å². The molecule has 28 heavy (non-hydrogen) atoms. The quantitative estimate of drug-likeness (QED) is 0.459. The Morgan fingerprint density at radius 1 is 0.929 bits per heavy atom. The molecule has 0 bridgehead atoms. The first-order chi connectivity index (χ1) is 13.7. The molecule has 2 heterocycles. The summed E-state index contributed by atoms with van der Waals surface area (Å²) in [6.07, 6.45) is 1.81. The van der Waals surface area contributed by atoms with E-state index in [0.29, 0.717) is 0 Å². The number of rotatable bonds is 7. The standard InChI is InChI=1S/C22H26N6/c1-4-27(5-2)14-15-28-20-13-9-7-11-18(20)25-22(28)23-16-21-24-17-10-6-8-12-19(17)26(21)3/h6-13,16H,4-5,14-15H2,1-3H3. The van der Waals surface area contributed by atoms with E-state index in [1.807, 2.05) is 43.6 Å². The molecule has 0 N–H and O–H groups in total. The first kappa shape index (κ1) is 18.4. The molecule has 0 radical (unpaired) electrons. The molecule has 0 amide bonds. The Bertz CT molecular complexity index is 1120. The second kappa shape index (κ2) is 7.94. The number of benzene rings is 2. The molecular formula is C22H26N6. The summed E-state index contributed by atoms with van der Waals surface area (Å²) < 4.78 is 4.26. The van der Waals surface area contributed by atoms with Crippen LogP contribution in [0.3, 0.4) is 0 Å². The van der Waals surface area contributed by atoms with Crippen molar-refractivity contribution in [3.8, 4) is 0 Å². The number of hydrogen-bond acceptors (Lipinski definition) is 4. The van der Waals surface area contributed by atoms with E-state index < -0.39 is 0 Å². The number of aryl methyl sites for hydroxylation is 1. The van der Waals surface area contributed by atoms with Gasteiger partial charge in [-0.15, -0.1) is 0 Å². The average molecular weight is 374 g/mol. The maximum atomic E-state index is 4.75. The molecule has 2 aromatic carbocycles. The van der Waals surface area contributed by atoms with Gasteiger partial charge in [0, 0.05) is 20.1 Å². The van der Waals surface area contributed by atoms with Gasteiger partial charge in [-0.3, -0.25) is 0 Å². The van der Waals surface area contributed by atoms with Crippen LogP contribution in [0.5, 0.6) is 0 Å². The van der Waals surface area contributed by atoms with Crippen LogP contribution in [0.25, 0.3) is 22.1 Å². The van der Waals surface area contributed by atoms with Crippen LogP contribution in [0.1, 0.15) is 19.7 Å². The lowest BCUT2D eigenvalue weighted by Gasteiger charge is -2.18. The monoisotopic (exact) mass is 374 g/mol. The Morgan fingerprint density at radius 2 is 1.57 bits per heavy atom. The van der Waals surface area contributed by atoms with Gasteiger partial charge in [-0.05, 0) is 37.4 Å². The topological polar surface area (TPSA) is 51.2 Å². The summed E-state index contributed by atoms with van der Waals surface area (Å²) in [4.78, 5) is 16.6. The van der Waals surface area contributed by atoms with Gasteiger partial charge in [-0.1, -0.05) is 38.1 Å². The summed E-state index contributed by atoms with van der Waals surface area (Å²) in [6.45, 7) is 8.31. The van der Waals surface area contributed by atoms with Gasteiger partial charge < -0.3 is 14.0 Å². The SMILES string of the molecule is CCN(CC)CCn1c(N=Cc2nc3ccccc3n2C)nc2ccccc21. The van der Waals surface area contributed by atoms with Gasteiger partial charge in [0.15, 0.2) is 5.82 Å². The minimum Gasteiger partial charge on any atom is -0.326 e. The average Bonchev–Trinajstić information content (AvgIpc) is 3.25. The first-order valence-corrected chi connectivity index (χ1v) is 9.84. The van der Waals surface area contributed by atoms with E-state index in [4.69, 9.17) is 9.98 Å². The number of hydrogen-bond donors (Lipinski definition) is 0. The zero-order chi connectivity index (χ0) is 19.5. The fourth-order valence-corrected chi connectivity index (χ4v) is 3.56. The first-order valence-electron chi connectivity index (χ1n) is 9.84. The number of aliphatic imine (C=N–C) groups is 1. The third kappa shape index (κ3) is 3.43. The summed E-state index contributed by atoms with van der Waals surface area (Å²) in [7, 11) is 2.01. The molecule has 0 unspecified atom stereocenters. The van der Waals surface area contributed by atoms with Crippen LogP contribution >= 0.6 is 0 Å². The second-order valence-corrected chi connectivity index (χ2v) is 6.85. The number of nitrogens with zero attached hydrogens (tertiary/aromatic N) is 6. The predicted molar refractivity (Wildman–Crippen MR) is 115 cm³/mol. The van der Waals surface area contributed by atoms with E-state index in [-0.39, 0.29) is 0 Å². The molecule has 0 aliphatic heterocycles. The molecule has 6 nitrogen and oxygen atoms in total. The van der Waals surface area contributed by atoms with Gasteiger partial charge >= 0.3 is 0 Å².